The molecule has 1 aliphatic heterocycles. The number of hydrogen-bond acceptors (Lipinski definition) is 3. The number of halogens is 3. The number of morpholine rings is 1. The second kappa shape index (κ2) is 6.66. The smallest absolute Gasteiger partial charge is 0.242 e. The monoisotopic (exact) mass is 322 g/mol. The quantitative estimate of drug-likeness (QED) is 0.930. The van der Waals surface area contributed by atoms with E-state index in [4.69, 9.17) is 39.5 Å². The topological polar surface area (TPSA) is 41.6 Å². The van der Waals surface area contributed by atoms with Gasteiger partial charge in [-0.25, -0.2) is 0 Å². The van der Waals surface area contributed by atoms with Crippen LogP contribution in [0.15, 0.2) is 12.1 Å². The molecule has 0 spiro atoms. The summed E-state index contributed by atoms with van der Waals surface area (Å²) in [6.07, 6.45) is 0. The first kappa shape index (κ1) is 14.7. The predicted octanol–water partition coefficient (Wildman–Crippen LogP) is 2.92. The van der Waals surface area contributed by atoms with Crippen LogP contribution in [-0.4, -0.2) is 43.7 Å². The van der Waals surface area contributed by atoms with Crippen molar-refractivity contribution in [2.24, 2.45) is 0 Å². The fourth-order valence-electron chi connectivity index (χ4n) is 1.80. The van der Waals surface area contributed by atoms with Crippen molar-refractivity contribution in [3.8, 4) is 0 Å². The molecular weight excluding hydrogens is 311 g/mol. The summed E-state index contributed by atoms with van der Waals surface area (Å²) in [6, 6.07) is 3.16. The fraction of sp³-hybridized carbons (Fsp3) is 0.417. The number of carbonyl (C=O) groups excluding carboxylic acids is 1. The van der Waals surface area contributed by atoms with Gasteiger partial charge in [0.2, 0.25) is 5.91 Å². The van der Waals surface area contributed by atoms with Gasteiger partial charge in [0.05, 0.1) is 35.5 Å². The molecule has 7 heteroatoms. The Morgan fingerprint density at radius 2 is 1.79 bits per heavy atom. The van der Waals surface area contributed by atoms with E-state index in [-0.39, 0.29) is 12.5 Å². The summed E-state index contributed by atoms with van der Waals surface area (Å²) < 4.78 is 5.19. The minimum absolute atomic E-state index is 0.00890. The van der Waals surface area contributed by atoms with Crippen molar-refractivity contribution in [1.29, 1.82) is 0 Å². The molecule has 0 saturated carbocycles. The molecule has 0 atom stereocenters. The zero-order valence-corrected chi connectivity index (χ0v) is 12.4. The minimum atomic E-state index is -0.00890. The van der Waals surface area contributed by atoms with Crippen LogP contribution in [0.4, 0.5) is 5.69 Å². The van der Waals surface area contributed by atoms with Crippen molar-refractivity contribution >= 4 is 46.4 Å². The summed E-state index contributed by atoms with van der Waals surface area (Å²) >= 11 is 17.9. The van der Waals surface area contributed by atoms with E-state index in [0.717, 1.165) is 0 Å². The molecule has 1 amide bonds. The maximum Gasteiger partial charge on any atom is 0.242 e. The average Bonchev–Trinajstić information content (AvgIpc) is 2.38. The SMILES string of the molecule is O=C(CNc1c(Cl)cc(Cl)cc1Cl)N1CCOCC1. The lowest BCUT2D eigenvalue weighted by molar-refractivity contribution is -0.133. The Labute approximate surface area is 126 Å². The molecule has 1 fully saturated rings. The molecule has 0 aliphatic carbocycles. The van der Waals surface area contributed by atoms with E-state index in [0.29, 0.717) is 47.1 Å². The van der Waals surface area contributed by atoms with Gasteiger partial charge < -0.3 is 15.0 Å². The molecule has 1 aliphatic rings. The lowest BCUT2D eigenvalue weighted by atomic mass is 10.3. The number of anilines is 1. The first-order valence-electron chi connectivity index (χ1n) is 5.82. The number of nitrogens with one attached hydrogen (secondary N) is 1. The van der Waals surface area contributed by atoms with Gasteiger partial charge in [0.1, 0.15) is 0 Å². The van der Waals surface area contributed by atoms with Gasteiger partial charge in [-0.15, -0.1) is 0 Å². The predicted molar refractivity (Wildman–Crippen MR) is 77.4 cm³/mol. The van der Waals surface area contributed by atoms with Crippen molar-refractivity contribution in [3.63, 3.8) is 0 Å². The third kappa shape index (κ3) is 3.89. The highest BCUT2D eigenvalue weighted by Gasteiger charge is 2.17. The van der Waals surface area contributed by atoms with E-state index in [1.807, 2.05) is 0 Å². The summed E-state index contributed by atoms with van der Waals surface area (Å²) in [6.45, 7) is 2.52. The third-order valence-corrected chi connectivity index (χ3v) is 3.60. The third-order valence-electron chi connectivity index (χ3n) is 2.79. The molecule has 104 valence electrons. The molecule has 4 nitrogen and oxygen atoms in total. The Bertz CT molecular complexity index is 453. The van der Waals surface area contributed by atoms with E-state index in [1.54, 1.807) is 17.0 Å². The van der Waals surface area contributed by atoms with E-state index in [1.165, 1.54) is 0 Å². The van der Waals surface area contributed by atoms with Crippen LogP contribution in [0.25, 0.3) is 0 Å². The van der Waals surface area contributed by atoms with Crippen molar-refractivity contribution < 1.29 is 9.53 Å². The van der Waals surface area contributed by atoms with E-state index in [9.17, 15) is 4.79 Å². The van der Waals surface area contributed by atoms with Gasteiger partial charge >= 0.3 is 0 Å². The number of benzene rings is 1. The van der Waals surface area contributed by atoms with Crippen LogP contribution in [0.5, 0.6) is 0 Å². The molecule has 1 aromatic rings. The molecule has 0 aromatic heterocycles. The van der Waals surface area contributed by atoms with Crippen LogP contribution in [-0.2, 0) is 9.53 Å². The van der Waals surface area contributed by atoms with Gasteiger partial charge in [-0.2, -0.15) is 0 Å². The summed E-state index contributed by atoms with van der Waals surface area (Å²) in [4.78, 5) is 13.7. The van der Waals surface area contributed by atoms with E-state index < -0.39 is 0 Å². The van der Waals surface area contributed by atoms with Crippen molar-refractivity contribution in [1.82, 2.24) is 4.90 Å². The first-order chi connectivity index (χ1) is 9.08. The highest BCUT2D eigenvalue weighted by molar-refractivity contribution is 6.41. The highest BCUT2D eigenvalue weighted by Crippen LogP contribution is 2.33. The summed E-state index contributed by atoms with van der Waals surface area (Å²) in [5.74, 6) is -0.00890. The van der Waals surface area contributed by atoms with Gasteiger partial charge in [-0.3, -0.25) is 4.79 Å². The molecule has 0 unspecified atom stereocenters. The van der Waals surface area contributed by atoms with Crippen LogP contribution in [0.3, 0.4) is 0 Å². The number of ether oxygens (including phenoxy) is 1. The summed E-state index contributed by atoms with van der Waals surface area (Å²) in [5, 5.41) is 4.20. The molecule has 0 radical (unpaired) electrons. The highest BCUT2D eigenvalue weighted by atomic mass is 35.5. The van der Waals surface area contributed by atoms with Crippen LogP contribution >= 0.6 is 34.8 Å². The van der Waals surface area contributed by atoms with Gasteiger partial charge in [-0.1, -0.05) is 34.8 Å². The lowest BCUT2D eigenvalue weighted by Gasteiger charge is -2.27. The zero-order chi connectivity index (χ0) is 13.8. The van der Waals surface area contributed by atoms with E-state index >= 15 is 0 Å². The minimum Gasteiger partial charge on any atom is -0.378 e. The molecule has 1 aromatic carbocycles. The lowest BCUT2D eigenvalue weighted by Crippen LogP contribution is -2.43. The van der Waals surface area contributed by atoms with Gasteiger partial charge in [0, 0.05) is 18.1 Å². The zero-order valence-electron chi connectivity index (χ0n) is 10.1. The number of nitrogens with zero attached hydrogens (tertiary/aromatic N) is 1. The summed E-state index contributed by atoms with van der Waals surface area (Å²) in [7, 11) is 0. The second-order valence-corrected chi connectivity index (χ2v) is 5.34. The van der Waals surface area contributed by atoms with Crippen LogP contribution < -0.4 is 5.32 Å². The molecule has 19 heavy (non-hydrogen) atoms. The molecule has 2 rings (SSSR count). The number of rotatable bonds is 3. The Kier molecular flexibility index (Phi) is 5.16. The largest absolute Gasteiger partial charge is 0.378 e. The Morgan fingerprint density at radius 3 is 2.37 bits per heavy atom. The molecule has 1 saturated heterocycles. The fourth-order valence-corrected chi connectivity index (χ4v) is 2.75. The Morgan fingerprint density at radius 1 is 1.21 bits per heavy atom. The molecule has 0 bridgehead atoms. The first-order valence-corrected chi connectivity index (χ1v) is 6.95. The van der Waals surface area contributed by atoms with Gasteiger partial charge in [-0.05, 0) is 12.1 Å². The number of hydrogen-bond donors (Lipinski definition) is 1. The van der Waals surface area contributed by atoms with Gasteiger partial charge in [0.25, 0.3) is 0 Å². The summed E-state index contributed by atoms with van der Waals surface area (Å²) in [5.41, 5.74) is 0.523. The van der Waals surface area contributed by atoms with Crippen LogP contribution in [0.2, 0.25) is 15.1 Å². The van der Waals surface area contributed by atoms with Crippen molar-refractivity contribution in [3.05, 3.63) is 27.2 Å². The molecule has 1 N–H and O–H groups in total. The Balaban J connectivity index is 1.96. The Hall–Kier alpha value is -0.680. The van der Waals surface area contributed by atoms with E-state index in [2.05, 4.69) is 5.32 Å². The van der Waals surface area contributed by atoms with Gasteiger partial charge in [0.15, 0.2) is 0 Å². The number of amides is 1. The number of carbonyl (C=O) groups is 1. The van der Waals surface area contributed by atoms with Crippen LogP contribution in [0.1, 0.15) is 0 Å². The molecular formula is C12H13Cl3N2O2. The second-order valence-electron chi connectivity index (χ2n) is 4.09. The normalized spacial score (nSPS) is 15.4. The van der Waals surface area contributed by atoms with Crippen molar-refractivity contribution in [2.45, 2.75) is 0 Å². The molecule has 1 heterocycles. The van der Waals surface area contributed by atoms with Crippen LogP contribution in [0, 0.1) is 0 Å². The van der Waals surface area contributed by atoms with Crippen molar-refractivity contribution in [2.75, 3.05) is 38.2 Å². The standard InChI is InChI=1S/C12H13Cl3N2O2/c13-8-5-9(14)12(10(15)6-8)16-7-11(18)17-1-3-19-4-2-17/h5-6,16H,1-4,7H2. The average molecular weight is 324 g/mol. The maximum atomic E-state index is 12.0. The maximum absolute atomic E-state index is 12.0.